The molecule has 1 heterocycles. The normalized spacial score (nSPS) is 16.9. The lowest BCUT2D eigenvalue weighted by Crippen LogP contribution is -2.32. The van der Waals surface area contributed by atoms with Crippen molar-refractivity contribution >= 4 is 51.9 Å². The van der Waals surface area contributed by atoms with Crippen molar-refractivity contribution in [2.45, 2.75) is 6.92 Å². The van der Waals surface area contributed by atoms with Crippen LogP contribution in [0.2, 0.25) is 0 Å². The zero-order valence-corrected chi connectivity index (χ0v) is 11.9. The van der Waals surface area contributed by atoms with Crippen LogP contribution in [0.1, 0.15) is 12.5 Å². The zero-order chi connectivity index (χ0) is 14.9. The molecule has 20 heavy (non-hydrogen) atoms. The number of nitrogens with zero attached hydrogens (tertiary/aromatic N) is 2. The fourth-order valence-corrected chi connectivity index (χ4v) is 2.93. The van der Waals surface area contributed by atoms with E-state index in [1.54, 1.807) is 6.08 Å². The highest BCUT2D eigenvalue weighted by Crippen LogP contribution is 2.32. The first-order valence-corrected chi connectivity index (χ1v) is 6.65. The molecule has 1 aliphatic heterocycles. The Kier molecular flexibility index (Phi) is 3.96. The average molecular weight is 308 g/mol. The Balaban J connectivity index is 2.28. The number of carbonyl (C=O) groups is 2. The maximum Gasteiger partial charge on any atom is 0.273 e. The minimum absolute atomic E-state index is 0.0292. The van der Waals surface area contributed by atoms with Crippen LogP contribution in [0.4, 0.5) is 5.69 Å². The van der Waals surface area contributed by atoms with Gasteiger partial charge < -0.3 is 0 Å². The number of carbonyl (C=O) groups excluding carboxylic acids is 2. The van der Waals surface area contributed by atoms with Crippen LogP contribution >= 0.6 is 24.0 Å². The first kappa shape index (κ1) is 14.4. The summed E-state index contributed by atoms with van der Waals surface area (Å²) in [6, 6.07) is 5.74. The number of thioether (sulfide) groups is 1. The van der Waals surface area contributed by atoms with Crippen LogP contribution in [-0.4, -0.2) is 26.0 Å². The van der Waals surface area contributed by atoms with E-state index in [0.29, 0.717) is 10.5 Å². The summed E-state index contributed by atoms with van der Waals surface area (Å²) in [5.74, 6) is -0.898. The van der Waals surface area contributed by atoms with Gasteiger partial charge in [0.1, 0.15) is 0 Å². The third-order valence-corrected chi connectivity index (χ3v) is 3.81. The fraction of sp³-hybridized carbons (Fsp3) is 0.0833. The summed E-state index contributed by atoms with van der Waals surface area (Å²) in [5.41, 5.74) is 0.595. The molecule has 0 unspecified atom stereocenters. The molecule has 0 saturated carbocycles. The Bertz CT molecular complexity index is 652. The van der Waals surface area contributed by atoms with Gasteiger partial charge in [-0.25, -0.2) is 4.90 Å². The number of hydrogen-bond donors (Lipinski definition) is 0. The second kappa shape index (κ2) is 5.51. The van der Waals surface area contributed by atoms with Gasteiger partial charge in [0.05, 0.1) is 9.83 Å². The monoisotopic (exact) mass is 308 g/mol. The van der Waals surface area contributed by atoms with Crippen molar-refractivity contribution in [2.24, 2.45) is 0 Å². The van der Waals surface area contributed by atoms with Gasteiger partial charge in [-0.15, -0.1) is 0 Å². The molecular formula is C12H8N2O4S2. The molecule has 1 aliphatic rings. The standard InChI is InChI=1S/C12H8N2O4S2/c1-7(15)13-11(16)10(20-12(13)19)6-8-2-4-9(5-3-8)14(17)18/h2-6H,1H3. The number of amides is 2. The van der Waals surface area contributed by atoms with Crippen LogP contribution < -0.4 is 0 Å². The molecule has 0 spiro atoms. The van der Waals surface area contributed by atoms with Gasteiger partial charge in [-0.1, -0.05) is 24.0 Å². The van der Waals surface area contributed by atoms with E-state index < -0.39 is 16.7 Å². The molecule has 1 saturated heterocycles. The number of nitro groups is 1. The highest BCUT2D eigenvalue weighted by Gasteiger charge is 2.34. The number of non-ortho nitro benzene ring substituents is 1. The van der Waals surface area contributed by atoms with Crippen LogP contribution in [0.3, 0.4) is 0 Å². The molecule has 0 atom stereocenters. The molecule has 0 radical (unpaired) electrons. The van der Waals surface area contributed by atoms with E-state index in [9.17, 15) is 19.7 Å². The second-order valence-electron chi connectivity index (χ2n) is 3.88. The van der Waals surface area contributed by atoms with Crippen LogP contribution in [-0.2, 0) is 9.59 Å². The number of nitro benzene ring substituents is 1. The van der Waals surface area contributed by atoms with Gasteiger partial charge in [-0.2, -0.15) is 0 Å². The van der Waals surface area contributed by atoms with Crippen LogP contribution in [0.5, 0.6) is 0 Å². The van der Waals surface area contributed by atoms with Crippen molar-refractivity contribution in [1.82, 2.24) is 4.90 Å². The molecule has 0 aliphatic carbocycles. The van der Waals surface area contributed by atoms with E-state index in [4.69, 9.17) is 12.2 Å². The van der Waals surface area contributed by atoms with Gasteiger partial charge in [0.25, 0.3) is 11.6 Å². The van der Waals surface area contributed by atoms with Crippen molar-refractivity contribution < 1.29 is 14.5 Å². The quantitative estimate of drug-likeness (QED) is 0.361. The summed E-state index contributed by atoms with van der Waals surface area (Å²) in [4.78, 5) is 34.5. The molecule has 102 valence electrons. The molecular weight excluding hydrogens is 300 g/mol. The topological polar surface area (TPSA) is 80.5 Å². The summed E-state index contributed by atoms with van der Waals surface area (Å²) in [6.45, 7) is 1.26. The van der Waals surface area contributed by atoms with Crippen LogP contribution in [0.15, 0.2) is 29.2 Å². The average Bonchev–Trinajstić information content (AvgIpc) is 2.65. The van der Waals surface area contributed by atoms with E-state index in [2.05, 4.69) is 0 Å². The number of rotatable bonds is 2. The third kappa shape index (κ3) is 2.75. The molecule has 8 heteroatoms. The van der Waals surface area contributed by atoms with Crippen molar-refractivity contribution in [3.05, 3.63) is 44.8 Å². The largest absolute Gasteiger partial charge is 0.274 e. The number of imide groups is 1. The number of thiocarbonyl (C=S) groups is 1. The Labute approximate surface area is 123 Å². The first-order chi connectivity index (χ1) is 9.40. The highest BCUT2D eigenvalue weighted by molar-refractivity contribution is 8.26. The van der Waals surface area contributed by atoms with E-state index in [1.165, 1.54) is 31.2 Å². The minimum Gasteiger partial charge on any atom is -0.274 e. The van der Waals surface area contributed by atoms with Crippen molar-refractivity contribution in [3.8, 4) is 0 Å². The Morgan fingerprint density at radius 3 is 2.45 bits per heavy atom. The molecule has 0 N–H and O–H groups in total. The molecule has 2 amide bonds. The van der Waals surface area contributed by atoms with Gasteiger partial charge in [-0.05, 0) is 23.8 Å². The summed E-state index contributed by atoms with van der Waals surface area (Å²) in [7, 11) is 0. The minimum atomic E-state index is -0.501. The SMILES string of the molecule is CC(=O)N1C(=O)C(=Cc2ccc([N+](=O)[O-])cc2)SC1=S. The summed E-state index contributed by atoms with van der Waals surface area (Å²) in [6.07, 6.45) is 1.55. The molecule has 1 aromatic carbocycles. The fourth-order valence-electron chi connectivity index (χ4n) is 1.58. The van der Waals surface area contributed by atoms with E-state index >= 15 is 0 Å². The number of hydrogen-bond acceptors (Lipinski definition) is 6. The van der Waals surface area contributed by atoms with Crippen LogP contribution in [0, 0.1) is 10.1 Å². The van der Waals surface area contributed by atoms with Gasteiger partial charge in [0, 0.05) is 19.1 Å². The maximum atomic E-state index is 12.0. The first-order valence-electron chi connectivity index (χ1n) is 5.43. The Hall–Kier alpha value is -2.06. The lowest BCUT2D eigenvalue weighted by molar-refractivity contribution is -0.384. The van der Waals surface area contributed by atoms with E-state index in [-0.39, 0.29) is 10.0 Å². The predicted octanol–water partition coefficient (Wildman–Crippen LogP) is 2.34. The van der Waals surface area contributed by atoms with Gasteiger partial charge in [0.15, 0.2) is 4.32 Å². The van der Waals surface area contributed by atoms with Gasteiger partial charge in [-0.3, -0.25) is 19.7 Å². The number of benzene rings is 1. The summed E-state index contributed by atoms with van der Waals surface area (Å²) >= 11 is 5.99. The predicted molar refractivity (Wildman–Crippen MR) is 78.8 cm³/mol. The Morgan fingerprint density at radius 2 is 2.00 bits per heavy atom. The van der Waals surface area contributed by atoms with Crippen molar-refractivity contribution in [3.63, 3.8) is 0 Å². The smallest absolute Gasteiger partial charge is 0.273 e. The van der Waals surface area contributed by atoms with E-state index in [1.807, 2.05) is 0 Å². The third-order valence-electron chi connectivity index (χ3n) is 2.51. The van der Waals surface area contributed by atoms with Gasteiger partial charge in [0.2, 0.25) is 5.91 Å². The summed E-state index contributed by atoms with van der Waals surface area (Å²) in [5, 5.41) is 10.5. The lowest BCUT2D eigenvalue weighted by Gasteiger charge is -2.07. The second-order valence-corrected chi connectivity index (χ2v) is 5.56. The van der Waals surface area contributed by atoms with Gasteiger partial charge >= 0.3 is 0 Å². The molecule has 0 aromatic heterocycles. The lowest BCUT2D eigenvalue weighted by atomic mass is 10.2. The van der Waals surface area contributed by atoms with E-state index in [0.717, 1.165) is 16.7 Å². The summed E-state index contributed by atoms with van der Waals surface area (Å²) < 4.78 is 0.190. The maximum absolute atomic E-state index is 12.0. The van der Waals surface area contributed by atoms with Crippen molar-refractivity contribution in [1.29, 1.82) is 0 Å². The molecule has 6 nitrogen and oxygen atoms in total. The molecule has 2 rings (SSSR count). The Morgan fingerprint density at radius 1 is 1.40 bits per heavy atom. The molecule has 0 bridgehead atoms. The zero-order valence-electron chi connectivity index (χ0n) is 10.2. The van der Waals surface area contributed by atoms with Crippen LogP contribution in [0.25, 0.3) is 6.08 Å². The molecule has 1 fully saturated rings. The highest BCUT2D eigenvalue weighted by atomic mass is 32.2. The molecule has 1 aromatic rings. The van der Waals surface area contributed by atoms with Crippen molar-refractivity contribution in [2.75, 3.05) is 0 Å².